The van der Waals surface area contributed by atoms with Crippen LogP contribution >= 0.6 is 0 Å². The molecule has 5 heteroatoms. The van der Waals surface area contributed by atoms with Gasteiger partial charge in [0.05, 0.1) is 0 Å². The quantitative estimate of drug-likeness (QED) is 0.831. The maximum Gasteiger partial charge on any atom is 0.298 e. The van der Waals surface area contributed by atoms with E-state index in [9.17, 15) is 0 Å². The number of nitrogens with two attached hydrogens (primary N) is 1. The second-order valence-corrected chi connectivity index (χ2v) is 5.53. The normalized spacial score (nSPS) is 21.2. The number of anilines is 2. The number of likely N-dealkylation sites (tertiary alicyclic amines) is 1. The Bertz CT molecular complexity index is 597. The van der Waals surface area contributed by atoms with Crippen LogP contribution in [0, 0.1) is 0 Å². The first-order valence-corrected chi connectivity index (χ1v) is 6.95. The Morgan fingerprint density at radius 3 is 2.79 bits per heavy atom. The zero-order valence-corrected chi connectivity index (χ0v) is 10.9. The van der Waals surface area contributed by atoms with Gasteiger partial charge in [0.2, 0.25) is 0 Å². The predicted molar refractivity (Wildman–Crippen MR) is 75.2 cm³/mol. The summed E-state index contributed by atoms with van der Waals surface area (Å²) >= 11 is 0. The van der Waals surface area contributed by atoms with Crippen molar-refractivity contribution < 1.29 is 4.42 Å². The van der Waals surface area contributed by atoms with Crippen molar-refractivity contribution in [2.24, 2.45) is 0 Å². The molecule has 19 heavy (non-hydrogen) atoms. The lowest BCUT2D eigenvalue weighted by atomic mass is 10.1. The van der Waals surface area contributed by atoms with Crippen LogP contribution in [-0.2, 0) is 0 Å². The largest absolute Gasteiger partial charge is 0.423 e. The SMILES string of the molecule is Nc1ccc2oc(N3CC(N4CCCC4)C3)nc2c1. The van der Waals surface area contributed by atoms with Crippen molar-refractivity contribution in [2.45, 2.75) is 18.9 Å². The molecule has 5 nitrogen and oxygen atoms in total. The fourth-order valence-corrected chi connectivity index (χ4v) is 3.02. The summed E-state index contributed by atoms with van der Waals surface area (Å²) in [5.74, 6) is 0. The minimum Gasteiger partial charge on any atom is -0.423 e. The fourth-order valence-electron chi connectivity index (χ4n) is 3.02. The van der Waals surface area contributed by atoms with Gasteiger partial charge in [0.25, 0.3) is 6.01 Å². The van der Waals surface area contributed by atoms with E-state index in [1.54, 1.807) is 0 Å². The molecular weight excluding hydrogens is 240 g/mol. The molecule has 1 aromatic carbocycles. The average Bonchev–Trinajstić information content (AvgIpc) is 2.95. The molecule has 100 valence electrons. The minimum atomic E-state index is 0.683. The Kier molecular flexibility index (Phi) is 2.41. The Hall–Kier alpha value is -1.75. The molecule has 0 unspecified atom stereocenters. The first-order chi connectivity index (χ1) is 9.29. The van der Waals surface area contributed by atoms with Gasteiger partial charge < -0.3 is 15.1 Å². The molecule has 2 fully saturated rings. The standard InChI is InChI=1S/C14H18N4O/c15-10-3-4-13-12(7-10)16-14(19-13)18-8-11(9-18)17-5-1-2-6-17/h3-4,7,11H,1-2,5-6,8-9,15H2. The van der Waals surface area contributed by atoms with Crippen LogP contribution in [0.5, 0.6) is 0 Å². The van der Waals surface area contributed by atoms with E-state index in [2.05, 4.69) is 14.8 Å². The molecule has 0 spiro atoms. The maximum absolute atomic E-state index is 5.78. The van der Waals surface area contributed by atoms with Gasteiger partial charge >= 0.3 is 0 Å². The molecule has 2 N–H and O–H groups in total. The van der Waals surface area contributed by atoms with Crippen LogP contribution in [0.2, 0.25) is 0 Å². The van der Waals surface area contributed by atoms with Gasteiger partial charge in [-0.1, -0.05) is 0 Å². The van der Waals surface area contributed by atoms with Gasteiger partial charge in [-0.05, 0) is 44.1 Å². The Morgan fingerprint density at radius 2 is 2.00 bits per heavy atom. The molecule has 3 heterocycles. The van der Waals surface area contributed by atoms with Crippen LogP contribution in [0.3, 0.4) is 0 Å². The molecule has 0 atom stereocenters. The molecule has 0 radical (unpaired) electrons. The van der Waals surface area contributed by atoms with Gasteiger partial charge in [0.1, 0.15) is 5.52 Å². The van der Waals surface area contributed by atoms with E-state index >= 15 is 0 Å². The third-order valence-corrected chi connectivity index (χ3v) is 4.19. The van der Waals surface area contributed by atoms with Crippen LogP contribution in [-0.4, -0.2) is 42.1 Å². The van der Waals surface area contributed by atoms with Crippen LogP contribution in [0.4, 0.5) is 11.7 Å². The number of nitrogens with zero attached hydrogens (tertiary/aromatic N) is 3. The second-order valence-electron chi connectivity index (χ2n) is 5.53. The Labute approximate surface area is 112 Å². The third kappa shape index (κ3) is 1.85. The molecule has 1 aromatic heterocycles. The van der Waals surface area contributed by atoms with Gasteiger partial charge in [-0.15, -0.1) is 0 Å². The second kappa shape index (κ2) is 4.13. The highest BCUT2D eigenvalue weighted by atomic mass is 16.4. The highest BCUT2D eigenvalue weighted by Gasteiger charge is 2.35. The fraction of sp³-hybridized carbons (Fsp3) is 0.500. The number of hydrogen-bond donors (Lipinski definition) is 1. The molecule has 2 aliphatic rings. The number of rotatable bonds is 2. The number of oxazole rings is 1. The summed E-state index contributed by atoms with van der Waals surface area (Å²) in [7, 11) is 0. The summed E-state index contributed by atoms with van der Waals surface area (Å²) in [6, 6.07) is 7.01. The topological polar surface area (TPSA) is 58.5 Å². The van der Waals surface area contributed by atoms with Crippen molar-refractivity contribution in [3.05, 3.63) is 18.2 Å². The zero-order valence-electron chi connectivity index (χ0n) is 10.9. The predicted octanol–water partition coefficient (Wildman–Crippen LogP) is 1.69. The molecular formula is C14H18N4O. The number of benzene rings is 1. The van der Waals surface area contributed by atoms with Crippen molar-refractivity contribution >= 4 is 22.8 Å². The first kappa shape index (κ1) is 11.1. The lowest BCUT2D eigenvalue weighted by Crippen LogP contribution is -2.59. The smallest absolute Gasteiger partial charge is 0.298 e. The van der Waals surface area contributed by atoms with E-state index in [0.29, 0.717) is 6.04 Å². The van der Waals surface area contributed by atoms with Crippen molar-refractivity contribution in [3.8, 4) is 0 Å². The van der Waals surface area contributed by atoms with Gasteiger partial charge in [-0.3, -0.25) is 4.90 Å². The summed E-state index contributed by atoms with van der Waals surface area (Å²) in [6.45, 7) is 4.57. The van der Waals surface area contributed by atoms with Crippen LogP contribution in [0.15, 0.2) is 22.6 Å². The summed E-state index contributed by atoms with van der Waals surface area (Å²) in [4.78, 5) is 9.31. The van der Waals surface area contributed by atoms with Gasteiger partial charge in [-0.2, -0.15) is 4.98 Å². The molecule has 4 rings (SSSR count). The minimum absolute atomic E-state index is 0.683. The number of hydrogen-bond acceptors (Lipinski definition) is 5. The molecule has 2 aromatic rings. The highest BCUT2D eigenvalue weighted by Crippen LogP contribution is 2.29. The molecule has 2 aliphatic heterocycles. The van der Waals surface area contributed by atoms with E-state index in [1.165, 1.54) is 25.9 Å². The summed E-state index contributed by atoms with van der Waals surface area (Å²) in [5, 5.41) is 0. The molecule has 0 aliphatic carbocycles. The van der Waals surface area contributed by atoms with Crippen molar-refractivity contribution in [1.82, 2.24) is 9.88 Å². The third-order valence-electron chi connectivity index (χ3n) is 4.19. The van der Waals surface area contributed by atoms with Crippen molar-refractivity contribution in [1.29, 1.82) is 0 Å². The number of aromatic nitrogens is 1. The van der Waals surface area contributed by atoms with Gasteiger partial charge in [0, 0.05) is 24.8 Å². The van der Waals surface area contributed by atoms with Crippen LogP contribution in [0.1, 0.15) is 12.8 Å². The molecule has 0 saturated carbocycles. The first-order valence-electron chi connectivity index (χ1n) is 6.95. The molecule has 0 amide bonds. The highest BCUT2D eigenvalue weighted by molar-refractivity contribution is 5.78. The van der Waals surface area contributed by atoms with E-state index in [0.717, 1.165) is 35.9 Å². The maximum atomic E-state index is 5.78. The van der Waals surface area contributed by atoms with E-state index in [1.807, 2.05) is 18.2 Å². The van der Waals surface area contributed by atoms with Crippen LogP contribution in [0.25, 0.3) is 11.1 Å². The number of fused-ring (bicyclic) bond motifs is 1. The van der Waals surface area contributed by atoms with E-state index in [-0.39, 0.29) is 0 Å². The lowest BCUT2D eigenvalue weighted by molar-refractivity contribution is 0.199. The zero-order chi connectivity index (χ0) is 12.8. The lowest BCUT2D eigenvalue weighted by Gasteiger charge is -2.43. The van der Waals surface area contributed by atoms with Crippen LogP contribution < -0.4 is 10.6 Å². The monoisotopic (exact) mass is 258 g/mol. The van der Waals surface area contributed by atoms with Crippen molar-refractivity contribution in [2.75, 3.05) is 36.8 Å². The van der Waals surface area contributed by atoms with Gasteiger partial charge in [0.15, 0.2) is 5.58 Å². The summed E-state index contributed by atoms with van der Waals surface area (Å²) < 4.78 is 5.78. The van der Waals surface area contributed by atoms with E-state index < -0.39 is 0 Å². The average molecular weight is 258 g/mol. The Morgan fingerprint density at radius 1 is 1.21 bits per heavy atom. The number of nitrogen functional groups attached to an aromatic ring is 1. The molecule has 0 bridgehead atoms. The van der Waals surface area contributed by atoms with Gasteiger partial charge in [-0.25, -0.2) is 0 Å². The summed E-state index contributed by atoms with van der Waals surface area (Å²) in [6.07, 6.45) is 2.69. The summed E-state index contributed by atoms with van der Waals surface area (Å²) in [5.41, 5.74) is 8.15. The van der Waals surface area contributed by atoms with Crippen molar-refractivity contribution in [3.63, 3.8) is 0 Å². The molecule has 2 saturated heterocycles. The Balaban J connectivity index is 1.50. The van der Waals surface area contributed by atoms with E-state index in [4.69, 9.17) is 10.2 Å².